The van der Waals surface area contributed by atoms with Crippen molar-refractivity contribution < 1.29 is 14.3 Å². The van der Waals surface area contributed by atoms with E-state index in [1.54, 1.807) is 36.1 Å². The Morgan fingerprint density at radius 3 is 2.40 bits per heavy atom. The van der Waals surface area contributed by atoms with Gasteiger partial charge in [0.05, 0.1) is 30.3 Å². The molecule has 0 saturated carbocycles. The summed E-state index contributed by atoms with van der Waals surface area (Å²) < 4.78 is 5.04. The molecule has 0 aliphatic rings. The van der Waals surface area contributed by atoms with Crippen molar-refractivity contribution in [1.82, 2.24) is 14.9 Å². The number of esters is 1. The van der Waals surface area contributed by atoms with Crippen molar-refractivity contribution in [1.29, 1.82) is 0 Å². The number of hydrogen-bond acceptors (Lipinski definition) is 6. The second-order valence-corrected chi connectivity index (χ2v) is 5.16. The number of nitrogens with zero attached hydrogens (tertiary/aromatic N) is 3. The number of benzene rings is 1. The minimum atomic E-state index is -0.410. The highest BCUT2D eigenvalue weighted by Gasteiger charge is 2.15. The maximum absolute atomic E-state index is 12.2. The average Bonchev–Trinajstić information content (AvgIpc) is 2.64. The number of aromatic nitrogens is 2. The molecule has 1 heterocycles. The average molecular weight is 342 g/mol. The molecule has 0 unspecified atom stereocenters. The van der Waals surface area contributed by atoms with Crippen LogP contribution in [0, 0.1) is 0 Å². The number of ether oxygens (including phenoxy) is 1. The third-order valence-corrected chi connectivity index (χ3v) is 3.61. The highest BCUT2D eigenvalue weighted by atomic mass is 16.5. The van der Waals surface area contributed by atoms with Gasteiger partial charge in [-0.25, -0.2) is 14.8 Å². The van der Waals surface area contributed by atoms with Crippen LogP contribution >= 0.6 is 0 Å². The molecular formula is C18H22N4O3. The Hall–Kier alpha value is -2.96. The smallest absolute Gasteiger partial charge is 0.340 e. The molecule has 1 aromatic carbocycles. The van der Waals surface area contributed by atoms with Crippen molar-refractivity contribution in [3.63, 3.8) is 0 Å². The van der Waals surface area contributed by atoms with Crippen molar-refractivity contribution in [3.8, 4) is 0 Å². The van der Waals surface area contributed by atoms with Crippen LogP contribution in [0.5, 0.6) is 0 Å². The minimum absolute atomic E-state index is 0.157. The van der Waals surface area contributed by atoms with Crippen LogP contribution in [0.2, 0.25) is 0 Å². The van der Waals surface area contributed by atoms with E-state index < -0.39 is 5.97 Å². The topological polar surface area (TPSA) is 84.4 Å². The number of amides is 1. The first-order valence-electron chi connectivity index (χ1n) is 8.25. The van der Waals surface area contributed by atoms with Gasteiger partial charge >= 0.3 is 5.97 Å². The summed E-state index contributed by atoms with van der Waals surface area (Å²) in [5, 5.41) is 3.04. The summed E-state index contributed by atoms with van der Waals surface area (Å²) in [4.78, 5) is 34.3. The summed E-state index contributed by atoms with van der Waals surface area (Å²) in [5.41, 5.74) is 1.26. The Kier molecular flexibility index (Phi) is 6.45. The summed E-state index contributed by atoms with van der Waals surface area (Å²) in [6.07, 6.45) is 2.90. The highest BCUT2D eigenvalue weighted by Crippen LogP contribution is 2.20. The van der Waals surface area contributed by atoms with E-state index in [1.807, 2.05) is 13.8 Å². The van der Waals surface area contributed by atoms with Crippen molar-refractivity contribution in [3.05, 3.63) is 47.9 Å². The summed E-state index contributed by atoms with van der Waals surface area (Å²) >= 11 is 0. The molecule has 7 heteroatoms. The Morgan fingerprint density at radius 2 is 1.80 bits per heavy atom. The Bertz CT molecular complexity index is 727. The third-order valence-electron chi connectivity index (χ3n) is 3.61. The zero-order valence-corrected chi connectivity index (χ0v) is 14.7. The van der Waals surface area contributed by atoms with Gasteiger partial charge in [-0.15, -0.1) is 0 Å². The van der Waals surface area contributed by atoms with Crippen molar-refractivity contribution in [2.45, 2.75) is 20.8 Å². The van der Waals surface area contributed by atoms with Crippen molar-refractivity contribution >= 4 is 23.4 Å². The Balaban J connectivity index is 2.17. The number of carbonyl (C=O) groups is 2. The number of hydrogen-bond donors (Lipinski definition) is 1. The second-order valence-electron chi connectivity index (χ2n) is 5.16. The fraction of sp³-hybridized carbons (Fsp3) is 0.333. The van der Waals surface area contributed by atoms with Crippen LogP contribution in [0.15, 0.2) is 36.7 Å². The van der Waals surface area contributed by atoms with Gasteiger partial charge in [0.25, 0.3) is 5.91 Å². The van der Waals surface area contributed by atoms with E-state index in [9.17, 15) is 9.59 Å². The number of carbonyl (C=O) groups excluding carboxylic acids is 2. The van der Waals surface area contributed by atoms with Gasteiger partial charge in [-0.1, -0.05) is 12.1 Å². The SMILES string of the molecule is CCOC(=O)c1ccccc1Nc1cnc(C(=O)N(CC)CC)cn1. The van der Waals surface area contributed by atoms with Gasteiger partial charge in [-0.05, 0) is 32.9 Å². The Labute approximate surface area is 147 Å². The molecule has 1 N–H and O–H groups in total. The van der Waals surface area contributed by atoms with Crippen LogP contribution in [0.25, 0.3) is 0 Å². The first-order valence-corrected chi connectivity index (χ1v) is 8.25. The van der Waals surface area contributed by atoms with Gasteiger partial charge in [0.2, 0.25) is 0 Å². The summed E-state index contributed by atoms with van der Waals surface area (Å²) in [7, 11) is 0. The summed E-state index contributed by atoms with van der Waals surface area (Å²) in [5.74, 6) is -0.129. The van der Waals surface area contributed by atoms with Gasteiger partial charge < -0.3 is 15.0 Å². The number of para-hydroxylation sites is 1. The molecule has 0 aliphatic heterocycles. The van der Waals surface area contributed by atoms with E-state index in [0.29, 0.717) is 36.8 Å². The molecule has 2 rings (SSSR count). The first kappa shape index (κ1) is 18.4. The molecule has 25 heavy (non-hydrogen) atoms. The highest BCUT2D eigenvalue weighted by molar-refractivity contribution is 5.96. The van der Waals surface area contributed by atoms with Gasteiger partial charge in [0.1, 0.15) is 11.5 Å². The molecular weight excluding hydrogens is 320 g/mol. The molecule has 0 bridgehead atoms. The monoisotopic (exact) mass is 342 g/mol. The van der Waals surface area contributed by atoms with Crippen molar-refractivity contribution in [2.24, 2.45) is 0 Å². The van der Waals surface area contributed by atoms with E-state index in [4.69, 9.17) is 4.74 Å². The lowest BCUT2D eigenvalue weighted by atomic mass is 10.2. The van der Waals surface area contributed by atoms with Gasteiger partial charge in [0.15, 0.2) is 0 Å². The van der Waals surface area contributed by atoms with Crippen LogP contribution < -0.4 is 5.32 Å². The molecule has 132 valence electrons. The molecule has 0 atom stereocenters. The van der Waals surface area contributed by atoms with Gasteiger partial charge in [-0.2, -0.15) is 0 Å². The second kappa shape index (κ2) is 8.77. The molecule has 0 aliphatic carbocycles. The zero-order valence-electron chi connectivity index (χ0n) is 14.7. The largest absolute Gasteiger partial charge is 0.462 e. The number of nitrogens with one attached hydrogen (secondary N) is 1. The Morgan fingerprint density at radius 1 is 1.08 bits per heavy atom. The lowest BCUT2D eigenvalue weighted by Gasteiger charge is -2.17. The third kappa shape index (κ3) is 4.53. The predicted molar refractivity (Wildman–Crippen MR) is 95.0 cm³/mol. The quantitative estimate of drug-likeness (QED) is 0.779. The first-order chi connectivity index (χ1) is 12.1. The van der Waals surface area contributed by atoms with E-state index in [0.717, 1.165) is 0 Å². The molecule has 0 saturated heterocycles. The lowest BCUT2D eigenvalue weighted by Crippen LogP contribution is -2.31. The molecule has 1 aromatic heterocycles. The van der Waals surface area contributed by atoms with Crippen LogP contribution in [0.1, 0.15) is 41.6 Å². The molecule has 0 fully saturated rings. The fourth-order valence-electron chi connectivity index (χ4n) is 2.29. The molecule has 2 aromatic rings. The van der Waals surface area contributed by atoms with E-state index >= 15 is 0 Å². The van der Waals surface area contributed by atoms with E-state index in [2.05, 4.69) is 15.3 Å². The number of rotatable bonds is 7. The van der Waals surface area contributed by atoms with Crippen LogP contribution in [-0.4, -0.2) is 46.4 Å². The summed E-state index contributed by atoms with van der Waals surface area (Å²) in [6.45, 7) is 7.11. The molecule has 1 amide bonds. The maximum atomic E-state index is 12.2. The van der Waals surface area contributed by atoms with E-state index in [1.165, 1.54) is 12.4 Å². The zero-order chi connectivity index (χ0) is 18.2. The summed E-state index contributed by atoms with van der Waals surface area (Å²) in [6, 6.07) is 6.99. The molecule has 0 spiro atoms. The van der Waals surface area contributed by atoms with Gasteiger partial charge in [0, 0.05) is 13.1 Å². The normalized spacial score (nSPS) is 10.2. The van der Waals surface area contributed by atoms with Crippen LogP contribution in [-0.2, 0) is 4.74 Å². The minimum Gasteiger partial charge on any atom is -0.462 e. The van der Waals surface area contributed by atoms with Gasteiger partial charge in [-0.3, -0.25) is 4.79 Å². The van der Waals surface area contributed by atoms with E-state index in [-0.39, 0.29) is 11.6 Å². The maximum Gasteiger partial charge on any atom is 0.340 e. The number of anilines is 2. The van der Waals surface area contributed by atoms with Crippen LogP contribution in [0.4, 0.5) is 11.5 Å². The predicted octanol–water partition coefficient (Wildman–Crippen LogP) is 2.88. The van der Waals surface area contributed by atoms with Crippen molar-refractivity contribution in [2.75, 3.05) is 25.0 Å². The molecule has 7 nitrogen and oxygen atoms in total. The molecule has 0 radical (unpaired) electrons. The van der Waals surface area contributed by atoms with Crippen LogP contribution in [0.3, 0.4) is 0 Å². The lowest BCUT2D eigenvalue weighted by molar-refractivity contribution is 0.0527. The fourth-order valence-corrected chi connectivity index (χ4v) is 2.29. The standard InChI is InChI=1S/C18H22N4O3/c1-4-22(5-2)17(23)15-11-20-16(12-19-15)21-14-10-8-7-9-13(14)18(24)25-6-3/h7-12H,4-6H2,1-3H3,(H,20,21).